The first-order valence-corrected chi connectivity index (χ1v) is 5.95. The van der Waals surface area contributed by atoms with Gasteiger partial charge in [-0.25, -0.2) is 4.98 Å². The number of anilines is 1. The Morgan fingerprint density at radius 2 is 1.89 bits per heavy atom. The van der Waals surface area contributed by atoms with Crippen LogP contribution in [0.15, 0.2) is 60.9 Å². The molecule has 0 aliphatic carbocycles. The van der Waals surface area contributed by atoms with Crippen LogP contribution in [0.4, 0.5) is 5.82 Å². The molecule has 2 rings (SSSR count). The quantitative estimate of drug-likeness (QED) is 0.832. The summed E-state index contributed by atoms with van der Waals surface area (Å²) in [6.45, 7) is 0. The molecule has 1 amide bonds. The maximum atomic E-state index is 11.1. The van der Waals surface area contributed by atoms with Crippen LogP contribution in [0, 0.1) is 0 Å². The largest absolute Gasteiger partial charge is 0.393 e. The molecule has 0 saturated carbocycles. The van der Waals surface area contributed by atoms with Crippen LogP contribution in [-0.4, -0.2) is 18.4 Å². The van der Waals surface area contributed by atoms with E-state index in [0.717, 1.165) is 17.7 Å². The minimum atomic E-state index is 0.586. The van der Waals surface area contributed by atoms with Crippen molar-refractivity contribution in [3.8, 4) is 11.3 Å². The lowest BCUT2D eigenvalue weighted by Gasteiger charge is -2.12. The maximum Gasteiger partial charge on any atom is 0.219 e. The Labute approximate surface area is 112 Å². The van der Waals surface area contributed by atoms with Crippen molar-refractivity contribution < 1.29 is 4.79 Å². The molecule has 0 aliphatic heterocycles. The van der Waals surface area contributed by atoms with Crippen LogP contribution >= 0.6 is 0 Å². The Balaban J connectivity index is 2.33. The van der Waals surface area contributed by atoms with Crippen molar-refractivity contribution in [3.63, 3.8) is 0 Å². The average molecular weight is 253 g/mol. The number of pyridine rings is 1. The van der Waals surface area contributed by atoms with Gasteiger partial charge >= 0.3 is 0 Å². The molecule has 0 atom stereocenters. The number of benzene rings is 1. The van der Waals surface area contributed by atoms with E-state index in [1.54, 1.807) is 25.5 Å². The van der Waals surface area contributed by atoms with Gasteiger partial charge in [0.05, 0.1) is 5.69 Å². The smallest absolute Gasteiger partial charge is 0.219 e. The predicted octanol–water partition coefficient (Wildman–Crippen LogP) is 2.40. The second-order valence-corrected chi connectivity index (χ2v) is 3.86. The summed E-state index contributed by atoms with van der Waals surface area (Å²) in [6.07, 6.45) is 4.03. The van der Waals surface area contributed by atoms with Crippen molar-refractivity contribution in [3.05, 3.63) is 60.9 Å². The number of hydrogen-bond acceptors (Lipinski definition) is 3. The molecule has 0 unspecified atom stereocenters. The van der Waals surface area contributed by atoms with Gasteiger partial charge < -0.3 is 5.32 Å². The molecule has 0 radical (unpaired) electrons. The molecule has 19 heavy (non-hydrogen) atoms. The summed E-state index contributed by atoms with van der Waals surface area (Å²) in [7, 11) is 1.77. The number of rotatable bonds is 5. The molecule has 4 heteroatoms. The monoisotopic (exact) mass is 253 g/mol. The third-order valence-electron chi connectivity index (χ3n) is 2.58. The average Bonchev–Trinajstić information content (AvgIpc) is 2.49. The molecule has 0 bridgehead atoms. The van der Waals surface area contributed by atoms with E-state index in [1.807, 2.05) is 42.5 Å². The van der Waals surface area contributed by atoms with Crippen molar-refractivity contribution >= 4 is 12.2 Å². The van der Waals surface area contributed by atoms with E-state index < -0.39 is 0 Å². The highest BCUT2D eigenvalue weighted by Gasteiger charge is 2.05. The zero-order chi connectivity index (χ0) is 13.5. The van der Waals surface area contributed by atoms with E-state index >= 15 is 0 Å². The third-order valence-corrected chi connectivity index (χ3v) is 2.58. The number of amides is 1. The summed E-state index contributed by atoms with van der Waals surface area (Å²) in [5.74, 6) is 0.586. The second kappa shape index (κ2) is 6.35. The van der Waals surface area contributed by atoms with Gasteiger partial charge in [0.15, 0.2) is 0 Å². The van der Waals surface area contributed by atoms with Gasteiger partial charge in [0.25, 0.3) is 0 Å². The first-order chi connectivity index (χ1) is 9.35. The van der Waals surface area contributed by atoms with Crippen LogP contribution < -0.4 is 10.2 Å². The highest BCUT2D eigenvalue weighted by molar-refractivity contribution is 5.76. The van der Waals surface area contributed by atoms with Crippen molar-refractivity contribution in [1.82, 2.24) is 10.3 Å². The number of nitrogens with zero attached hydrogens (tertiary/aromatic N) is 2. The highest BCUT2D eigenvalue weighted by atomic mass is 16.1. The molecule has 1 N–H and O–H groups in total. The van der Waals surface area contributed by atoms with E-state index in [0.29, 0.717) is 5.82 Å². The minimum absolute atomic E-state index is 0.586. The highest BCUT2D eigenvalue weighted by Crippen LogP contribution is 2.19. The first kappa shape index (κ1) is 12.8. The molecule has 0 saturated heterocycles. The van der Waals surface area contributed by atoms with Gasteiger partial charge in [0.1, 0.15) is 5.82 Å². The zero-order valence-corrected chi connectivity index (χ0v) is 10.7. The van der Waals surface area contributed by atoms with Gasteiger partial charge in [-0.15, -0.1) is 0 Å². The van der Waals surface area contributed by atoms with Gasteiger partial charge in [-0.2, -0.15) is 0 Å². The summed E-state index contributed by atoms with van der Waals surface area (Å²) >= 11 is 0. The van der Waals surface area contributed by atoms with Gasteiger partial charge in [-0.05, 0) is 12.1 Å². The molecule has 2 aromatic rings. The number of hydrogen-bond donors (Lipinski definition) is 1. The topological polar surface area (TPSA) is 45.2 Å². The summed E-state index contributed by atoms with van der Waals surface area (Å²) in [5, 5.41) is 2.84. The fourth-order valence-corrected chi connectivity index (χ4v) is 1.66. The van der Waals surface area contributed by atoms with E-state index in [1.165, 1.54) is 4.90 Å². The fraction of sp³-hybridized carbons (Fsp3) is 0.0667. The standard InChI is InChI=1S/C15H15N3O/c1-16-10-11-18(12-19)15-9-5-8-14(17-15)13-6-3-2-4-7-13/h2-12,16H,1H3/b11-10-. The number of carbonyl (C=O) groups is 1. The Morgan fingerprint density at radius 1 is 1.11 bits per heavy atom. The Morgan fingerprint density at radius 3 is 2.58 bits per heavy atom. The van der Waals surface area contributed by atoms with E-state index in [2.05, 4.69) is 10.3 Å². The molecule has 0 fully saturated rings. The van der Waals surface area contributed by atoms with Crippen molar-refractivity contribution in [2.24, 2.45) is 0 Å². The third kappa shape index (κ3) is 3.19. The molecule has 1 aromatic carbocycles. The van der Waals surface area contributed by atoms with Crippen molar-refractivity contribution in [1.29, 1.82) is 0 Å². The van der Waals surface area contributed by atoms with Crippen LogP contribution in [-0.2, 0) is 4.79 Å². The molecule has 1 aromatic heterocycles. The molecule has 0 spiro atoms. The Bertz CT molecular complexity index is 567. The zero-order valence-electron chi connectivity index (χ0n) is 10.7. The van der Waals surface area contributed by atoms with Gasteiger partial charge in [0.2, 0.25) is 6.41 Å². The van der Waals surface area contributed by atoms with Crippen molar-refractivity contribution in [2.75, 3.05) is 11.9 Å². The van der Waals surface area contributed by atoms with E-state index in [-0.39, 0.29) is 0 Å². The van der Waals surface area contributed by atoms with Gasteiger partial charge in [0, 0.05) is 25.0 Å². The summed E-state index contributed by atoms with van der Waals surface area (Å²) in [5.41, 5.74) is 1.86. The van der Waals surface area contributed by atoms with Crippen LogP contribution in [0.1, 0.15) is 0 Å². The molecular formula is C15H15N3O. The van der Waals surface area contributed by atoms with Crippen LogP contribution in [0.25, 0.3) is 11.3 Å². The lowest BCUT2D eigenvalue weighted by molar-refractivity contribution is -0.107. The normalized spacial score (nSPS) is 10.4. The Kier molecular flexibility index (Phi) is 4.29. The summed E-state index contributed by atoms with van der Waals surface area (Å²) in [4.78, 5) is 17.0. The summed E-state index contributed by atoms with van der Waals surface area (Å²) < 4.78 is 0. The van der Waals surface area contributed by atoms with Crippen LogP contribution in [0.2, 0.25) is 0 Å². The molecule has 1 heterocycles. The predicted molar refractivity (Wildman–Crippen MR) is 76.4 cm³/mol. The number of carbonyl (C=O) groups excluding carboxylic acids is 1. The fourth-order valence-electron chi connectivity index (χ4n) is 1.66. The molecule has 0 aliphatic rings. The molecule has 96 valence electrons. The minimum Gasteiger partial charge on any atom is -0.393 e. The summed E-state index contributed by atoms with van der Waals surface area (Å²) in [6, 6.07) is 15.4. The lowest BCUT2D eigenvalue weighted by atomic mass is 10.1. The lowest BCUT2D eigenvalue weighted by Crippen LogP contribution is -2.15. The molecular weight excluding hydrogens is 238 g/mol. The second-order valence-electron chi connectivity index (χ2n) is 3.86. The molecule has 4 nitrogen and oxygen atoms in total. The van der Waals surface area contributed by atoms with Crippen LogP contribution in [0.3, 0.4) is 0 Å². The van der Waals surface area contributed by atoms with Gasteiger partial charge in [-0.3, -0.25) is 9.69 Å². The van der Waals surface area contributed by atoms with Gasteiger partial charge in [-0.1, -0.05) is 36.4 Å². The van der Waals surface area contributed by atoms with E-state index in [9.17, 15) is 4.79 Å². The van der Waals surface area contributed by atoms with Crippen molar-refractivity contribution in [2.45, 2.75) is 0 Å². The van der Waals surface area contributed by atoms with E-state index in [4.69, 9.17) is 0 Å². The number of aromatic nitrogens is 1. The number of nitrogens with one attached hydrogen (secondary N) is 1. The maximum absolute atomic E-state index is 11.1. The Hall–Kier alpha value is -2.62. The van der Waals surface area contributed by atoms with Crippen LogP contribution in [0.5, 0.6) is 0 Å². The SMILES string of the molecule is CN/C=C\N(C=O)c1cccc(-c2ccccc2)n1. The first-order valence-electron chi connectivity index (χ1n) is 5.95.